The van der Waals surface area contributed by atoms with Crippen molar-refractivity contribution in [1.82, 2.24) is 15.0 Å². The van der Waals surface area contributed by atoms with Crippen LogP contribution in [0.1, 0.15) is 6.92 Å². The minimum Gasteiger partial charge on any atom is -0.492 e. The predicted octanol–water partition coefficient (Wildman–Crippen LogP) is 3.09. The second-order valence-electron chi connectivity index (χ2n) is 4.68. The number of ether oxygens (including phenoxy) is 1. The summed E-state index contributed by atoms with van der Waals surface area (Å²) >= 11 is 1.33. The molecule has 0 saturated heterocycles. The average Bonchev–Trinajstić information content (AvgIpc) is 2.98. The van der Waals surface area contributed by atoms with E-state index in [0.29, 0.717) is 28.8 Å². The van der Waals surface area contributed by atoms with Gasteiger partial charge in [0.1, 0.15) is 5.75 Å². The predicted molar refractivity (Wildman–Crippen MR) is 90.9 cm³/mol. The number of amides is 1. The van der Waals surface area contributed by atoms with Crippen LogP contribution >= 0.6 is 11.8 Å². The van der Waals surface area contributed by atoms with Crippen molar-refractivity contribution < 1.29 is 9.53 Å². The molecule has 0 fully saturated rings. The molecule has 118 valence electrons. The SMILES string of the molecule is CCOc1ccccc1NC(=O)CSc1nc2ncccc2[nH]1. The van der Waals surface area contributed by atoms with Crippen LogP contribution in [-0.2, 0) is 4.79 Å². The zero-order valence-electron chi connectivity index (χ0n) is 12.6. The molecule has 0 spiro atoms. The van der Waals surface area contributed by atoms with E-state index in [-0.39, 0.29) is 11.7 Å². The van der Waals surface area contributed by atoms with Crippen molar-refractivity contribution in [1.29, 1.82) is 0 Å². The first-order chi connectivity index (χ1) is 11.3. The number of carbonyl (C=O) groups is 1. The number of anilines is 1. The maximum absolute atomic E-state index is 12.1. The molecule has 0 aliphatic carbocycles. The Morgan fingerprint density at radius 3 is 3.00 bits per heavy atom. The van der Waals surface area contributed by atoms with E-state index in [9.17, 15) is 4.79 Å². The van der Waals surface area contributed by atoms with Gasteiger partial charge in [-0.2, -0.15) is 0 Å². The van der Waals surface area contributed by atoms with E-state index in [4.69, 9.17) is 4.74 Å². The van der Waals surface area contributed by atoms with Crippen molar-refractivity contribution in [3.05, 3.63) is 42.6 Å². The van der Waals surface area contributed by atoms with Crippen LogP contribution in [0.3, 0.4) is 0 Å². The van der Waals surface area contributed by atoms with Gasteiger partial charge in [-0.15, -0.1) is 0 Å². The summed E-state index contributed by atoms with van der Waals surface area (Å²) in [5.41, 5.74) is 2.18. The zero-order valence-corrected chi connectivity index (χ0v) is 13.4. The highest BCUT2D eigenvalue weighted by atomic mass is 32.2. The number of aromatic nitrogens is 3. The molecule has 0 atom stereocenters. The molecule has 3 rings (SSSR count). The molecule has 0 aliphatic heterocycles. The molecular weight excluding hydrogens is 312 g/mol. The summed E-state index contributed by atoms with van der Waals surface area (Å²) in [7, 11) is 0. The van der Waals surface area contributed by atoms with Gasteiger partial charge < -0.3 is 15.0 Å². The number of thioether (sulfide) groups is 1. The number of nitrogens with zero attached hydrogens (tertiary/aromatic N) is 2. The lowest BCUT2D eigenvalue weighted by atomic mass is 10.3. The quantitative estimate of drug-likeness (QED) is 0.680. The normalized spacial score (nSPS) is 10.7. The van der Waals surface area contributed by atoms with Crippen molar-refractivity contribution in [2.75, 3.05) is 17.7 Å². The van der Waals surface area contributed by atoms with Gasteiger partial charge in [0.05, 0.1) is 23.6 Å². The third-order valence-corrected chi connectivity index (χ3v) is 3.91. The van der Waals surface area contributed by atoms with Crippen LogP contribution < -0.4 is 10.1 Å². The summed E-state index contributed by atoms with van der Waals surface area (Å²) in [5, 5.41) is 3.53. The van der Waals surface area contributed by atoms with Gasteiger partial charge in [-0.3, -0.25) is 4.79 Å². The monoisotopic (exact) mass is 328 g/mol. The van der Waals surface area contributed by atoms with E-state index in [1.807, 2.05) is 43.3 Å². The van der Waals surface area contributed by atoms with Crippen molar-refractivity contribution in [2.24, 2.45) is 0 Å². The van der Waals surface area contributed by atoms with Crippen LogP contribution in [0.2, 0.25) is 0 Å². The van der Waals surface area contributed by atoms with Gasteiger partial charge in [0.25, 0.3) is 0 Å². The van der Waals surface area contributed by atoms with Gasteiger partial charge in [-0.05, 0) is 31.2 Å². The Morgan fingerprint density at radius 1 is 1.30 bits per heavy atom. The Balaban J connectivity index is 1.61. The molecule has 0 unspecified atom stereocenters. The molecule has 3 aromatic rings. The number of fused-ring (bicyclic) bond motifs is 1. The summed E-state index contributed by atoms with van der Waals surface area (Å²) in [6, 6.07) is 11.1. The minimum atomic E-state index is -0.115. The third-order valence-electron chi connectivity index (χ3n) is 3.04. The number of para-hydroxylation sites is 2. The fourth-order valence-electron chi connectivity index (χ4n) is 2.06. The second-order valence-corrected chi connectivity index (χ2v) is 5.65. The van der Waals surface area contributed by atoms with Gasteiger partial charge in [-0.25, -0.2) is 9.97 Å². The Kier molecular flexibility index (Phi) is 4.77. The van der Waals surface area contributed by atoms with Gasteiger partial charge in [0, 0.05) is 6.20 Å². The molecule has 23 heavy (non-hydrogen) atoms. The number of rotatable bonds is 6. The maximum atomic E-state index is 12.1. The van der Waals surface area contributed by atoms with Crippen molar-refractivity contribution >= 4 is 34.5 Å². The first-order valence-electron chi connectivity index (χ1n) is 7.21. The van der Waals surface area contributed by atoms with E-state index < -0.39 is 0 Å². The van der Waals surface area contributed by atoms with Crippen molar-refractivity contribution in [3.8, 4) is 5.75 Å². The lowest BCUT2D eigenvalue weighted by Gasteiger charge is -2.10. The van der Waals surface area contributed by atoms with Crippen LogP contribution in [-0.4, -0.2) is 33.2 Å². The van der Waals surface area contributed by atoms with E-state index in [1.165, 1.54) is 11.8 Å². The molecule has 1 aromatic carbocycles. The average molecular weight is 328 g/mol. The van der Waals surface area contributed by atoms with Crippen LogP contribution in [0.25, 0.3) is 11.2 Å². The number of benzene rings is 1. The Bertz CT molecular complexity index is 785. The number of carbonyl (C=O) groups excluding carboxylic acids is 1. The number of hydrogen-bond donors (Lipinski definition) is 2. The molecule has 2 aromatic heterocycles. The fraction of sp³-hybridized carbons (Fsp3) is 0.188. The number of imidazole rings is 1. The Morgan fingerprint density at radius 2 is 2.17 bits per heavy atom. The Hall–Kier alpha value is -2.54. The standard InChI is InChI=1S/C16H16N4O2S/c1-2-22-13-8-4-3-6-11(13)18-14(21)10-23-16-19-12-7-5-9-17-15(12)20-16/h3-9H,2,10H2,1H3,(H,18,21)(H,17,19,20). The molecule has 0 bridgehead atoms. The summed E-state index contributed by atoms with van der Waals surface area (Å²) in [6.07, 6.45) is 1.69. The number of H-pyrrole nitrogens is 1. The smallest absolute Gasteiger partial charge is 0.234 e. The molecule has 2 heterocycles. The number of hydrogen-bond acceptors (Lipinski definition) is 5. The number of nitrogens with one attached hydrogen (secondary N) is 2. The Labute approximate surface area is 137 Å². The van der Waals surface area contributed by atoms with Gasteiger partial charge in [-0.1, -0.05) is 23.9 Å². The largest absolute Gasteiger partial charge is 0.492 e. The van der Waals surface area contributed by atoms with Gasteiger partial charge >= 0.3 is 0 Å². The van der Waals surface area contributed by atoms with E-state index in [0.717, 1.165) is 5.52 Å². The molecule has 0 saturated carbocycles. The first kappa shape index (κ1) is 15.4. The molecule has 6 nitrogen and oxygen atoms in total. The first-order valence-corrected chi connectivity index (χ1v) is 8.20. The van der Waals surface area contributed by atoms with Crippen LogP contribution in [0.15, 0.2) is 47.8 Å². The van der Waals surface area contributed by atoms with E-state index in [1.54, 1.807) is 6.20 Å². The summed E-state index contributed by atoms with van der Waals surface area (Å²) in [4.78, 5) is 23.7. The molecule has 1 amide bonds. The van der Waals surface area contributed by atoms with Crippen LogP contribution in [0, 0.1) is 0 Å². The fourth-order valence-corrected chi connectivity index (χ4v) is 2.74. The van der Waals surface area contributed by atoms with E-state index in [2.05, 4.69) is 20.3 Å². The highest BCUT2D eigenvalue weighted by Gasteiger charge is 2.10. The minimum absolute atomic E-state index is 0.115. The van der Waals surface area contributed by atoms with Crippen LogP contribution in [0.4, 0.5) is 5.69 Å². The topological polar surface area (TPSA) is 79.9 Å². The maximum Gasteiger partial charge on any atom is 0.234 e. The van der Waals surface area contributed by atoms with Crippen molar-refractivity contribution in [2.45, 2.75) is 12.1 Å². The molecule has 2 N–H and O–H groups in total. The molecular formula is C16H16N4O2S. The van der Waals surface area contributed by atoms with Crippen molar-refractivity contribution in [3.63, 3.8) is 0 Å². The molecule has 7 heteroatoms. The lowest BCUT2D eigenvalue weighted by Crippen LogP contribution is -2.15. The summed E-state index contributed by atoms with van der Waals surface area (Å²) in [6.45, 7) is 2.46. The lowest BCUT2D eigenvalue weighted by molar-refractivity contribution is -0.113. The van der Waals surface area contributed by atoms with Crippen LogP contribution in [0.5, 0.6) is 5.75 Å². The number of aromatic amines is 1. The number of pyridine rings is 1. The molecule has 0 radical (unpaired) electrons. The highest BCUT2D eigenvalue weighted by Crippen LogP contribution is 2.24. The highest BCUT2D eigenvalue weighted by molar-refractivity contribution is 7.99. The third kappa shape index (κ3) is 3.81. The van der Waals surface area contributed by atoms with E-state index >= 15 is 0 Å². The second kappa shape index (κ2) is 7.15. The summed E-state index contributed by atoms with van der Waals surface area (Å²) in [5.74, 6) is 0.803. The van der Waals surface area contributed by atoms with Gasteiger partial charge in [0.2, 0.25) is 5.91 Å². The molecule has 0 aliphatic rings. The zero-order chi connectivity index (χ0) is 16.1. The summed E-state index contributed by atoms with van der Waals surface area (Å²) < 4.78 is 5.49. The van der Waals surface area contributed by atoms with Gasteiger partial charge in [0.15, 0.2) is 10.8 Å².